The van der Waals surface area contributed by atoms with E-state index in [2.05, 4.69) is 241 Å². The Morgan fingerprint density at radius 1 is 0.292 bits per heavy atom. The summed E-state index contributed by atoms with van der Waals surface area (Å²) in [5, 5.41) is 7.61. The maximum Gasteiger partial charge on any atom is 0.0731 e. The van der Waals surface area contributed by atoms with Crippen molar-refractivity contribution in [2.24, 2.45) is 0 Å². The minimum Gasteiger partial charge on any atom is -0.310 e. The molecule has 0 saturated heterocycles. The molecule has 1 aromatic heterocycles. The Balaban J connectivity index is 0.931. The Morgan fingerprint density at radius 3 is 1.71 bits per heavy atom. The molecule has 2 aliphatic carbocycles. The zero-order valence-corrected chi connectivity index (χ0v) is 36.2. The van der Waals surface area contributed by atoms with E-state index >= 15 is 0 Å². The molecule has 11 aromatic carbocycles. The maximum atomic E-state index is 2.47. The van der Waals surface area contributed by atoms with Crippen LogP contribution in [0.15, 0.2) is 237 Å². The van der Waals surface area contributed by atoms with Crippen LogP contribution in [0.1, 0.15) is 22.3 Å². The van der Waals surface area contributed by atoms with Gasteiger partial charge in [-0.25, -0.2) is 0 Å². The van der Waals surface area contributed by atoms with Crippen molar-refractivity contribution in [3.63, 3.8) is 0 Å². The molecule has 1 heterocycles. The highest BCUT2D eigenvalue weighted by atomic mass is 32.1. The highest BCUT2D eigenvalue weighted by Gasteiger charge is 2.52. The number of anilines is 3. The molecule has 0 aliphatic heterocycles. The Labute approximate surface area is 381 Å². The van der Waals surface area contributed by atoms with Gasteiger partial charge in [-0.05, 0) is 149 Å². The van der Waals surface area contributed by atoms with E-state index in [0.717, 1.165) is 17.1 Å². The summed E-state index contributed by atoms with van der Waals surface area (Å²) >= 11 is 1.87. The summed E-state index contributed by atoms with van der Waals surface area (Å²) in [6.07, 6.45) is 0. The van der Waals surface area contributed by atoms with Crippen LogP contribution in [0.3, 0.4) is 0 Å². The number of benzene rings is 11. The highest BCUT2D eigenvalue weighted by molar-refractivity contribution is 7.25. The van der Waals surface area contributed by atoms with Crippen LogP contribution in [0.25, 0.3) is 86.2 Å². The lowest BCUT2D eigenvalue weighted by Gasteiger charge is -2.31. The van der Waals surface area contributed by atoms with Gasteiger partial charge in [0.25, 0.3) is 0 Å². The molecule has 302 valence electrons. The molecular formula is C63H39NS. The Bertz CT molecular complexity index is 3910. The van der Waals surface area contributed by atoms with Crippen molar-refractivity contribution < 1.29 is 0 Å². The Hall–Kier alpha value is -8.04. The highest BCUT2D eigenvalue weighted by Crippen LogP contribution is 2.64. The van der Waals surface area contributed by atoms with Crippen molar-refractivity contribution in [3.8, 4) is 44.5 Å². The lowest BCUT2D eigenvalue weighted by atomic mass is 9.69. The molecule has 0 N–H and O–H groups in total. The summed E-state index contributed by atoms with van der Waals surface area (Å²) < 4.78 is 2.58. The Kier molecular flexibility index (Phi) is 7.84. The first-order chi connectivity index (χ1) is 32.2. The second-order valence-electron chi connectivity index (χ2n) is 17.6. The van der Waals surface area contributed by atoms with Gasteiger partial charge < -0.3 is 4.90 Å². The number of rotatable bonds is 5. The molecule has 0 saturated carbocycles. The molecule has 14 rings (SSSR count). The monoisotopic (exact) mass is 841 g/mol. The van der Waals surface area contributed by atoms with Crippen LogP contribution in [-0.4, -0.2) is 0 Å². The molecule has 65 heavy (non-hydrogen) atoms. The summed E-state index contributed by atoms with van der Waals surface area (Å²) in [4.78, 5) is 2.42. The molecule has 0 bridgehead atoms. The van der Waals surface area contributed by atoms with Crippen molar-refractivity contribution in [1.29, 1.82) is 0 Å². The van der Waals surface area contributed by atoms with Crippen molar-refractivity contribution in [2.45, 2.75) is 5.41 Å². The molecule has 12 aromatic rings. The zero-order valence-electron chi connectivity index (χ0n) is 35.4. The lowest BCUT2D eigenvalue weighted by Crippen LogP contribution is -2.26. The minimum atomic E-state index is -0.404. The molecular weight excluding hydrogens is 803 g/mol. The molecule has 1 nitrogen and oxygen atoms in total. The predicted molar refractivity (Wildman–Crippen MR) is 276 cm³/mol. The average Bonchev–Trinajstić information content (AvgIpc) is 4.00. The standard InChI is InChI=1S/C63H39NS/c1-2-13-40(14-3-1)44-18-12-19-47(35-44)64(48-29-25-41-15-4-5-17-43(41)36-48)49-30-34-61-56(39-49)55-38-46(28-33-60(55)65-61)45-27-32-59-54(37-45)52-22-9-11-24-58(52)63(59)57-23-10-8-21-51(57)53-31-26-42-16-6-7-20-50(42)62(53)63/h1-39H. The molecule has 2 aliphatic rings. The zero-order chi connectivity index (χ0) is 42.6. The van der Waals surface area contributed by atoms with Crippen molar-refractivity contribution in [3.05, 3.63) is 259 Å². The van der Waals surface area contributed by atoms with Crippen molar-refractivity contribution in [2.75, 3.05) is 4.90 Å². The number of hydrogen-bond donors (Lipinski definition) is 0. The third kappa shape index (κ3) is 5.32. The van der Waals surface area contributed by atoms with Crippen LogP contribution in [0.4, 0.5) is 17.1 Å². The van der Waals surface area contributed by atoms with E-state index < -0.39 is 5.41 Å². The van der Waals surface area contributed by atoms with Crippen molar-refractivity contribution in [1.82, 2.24) is 0 Å². The fourth-order valence-electron chi connectivity index (χ4n) is 11.4. The van der Waals surface area contributed by atoms with E-state index in [1.165, 1.54) is 108 Å². The number of nitrogens with zero attached hydrogens (tertiary/aromatic N) is 1. The van der Waals surface area contributed by atoms with Gasteiger partial charge in [0, 0.05) is 37.2 Å². The molecule has 0 radical (unpaired) electrons. The fraction of sp³-hybridized carbons (Fsp3) is 0.0159. The van der Waals surface area contributed by atoms with E-state index in [1.54, 1.807) is 0 Å². The molecule has 0 amide bonds. The molecule has 2 heteroatoms. The van der Waals surface area contributed by atoms with Crippen molar-refractivity contribution >= 4 is 70.1 Å². The smallest absolute Gasteiger partial charge is 0.0731 e. The topological polar surface area (TPSA) is 3.24 Å². The average molecular weight is 842 g/mol. The van der Waals surface area contributed by atoms with Crippen LogP contribution < -0.4 is 4.90 Å². The van der Waals surface area contributed by atoms with Gasteiger partial charge in [0.05, 0.1) is 5.41 Å². The summed E-state index contributed by atoms with van der Waals surface area (Å²) in [6, 6.07) is 88.3. The number of thiophene rings is 1. The molecule has 1 spiro atoms. The van der Waals surface area contributed by atoms with Gasteiger partial charge in [0.15, 0.2) is 0 Å². The Morgan fingerprint density at radius 2 is 0.862 bits per heavy atom. The van der Waals surface area contributed by atoms with Gasteiger partial charge in [-0.15, -0.1) is 11.3 Å². The second kappa shape index (κ2) is 14.0. The first-order valence-corrected chi connectivity index (χ1v) is 23.3. The largest absolute Gasteiger partial charge is 0.310 e. The van der Waals surface area contributed by atoms with Crippen LogP contribution in [0, 0.1) is 0 Å². The van der Waals surface area contributed by atoms with Gasteiger partial charge in [0.2, 0.25) is 0 Å². The first kappa shape index (κ1) is 36.4. The van der Waals surface area contributed by atoms with E-state index in [0.29, 0.717) is 0 Å². The van der Waals surface area contributed by atoms with Gasteiger partial charge in [-0.1, -0.05) is 176 Å². The predicted octanol–water partition coefficient (Wildman–Crippen LogP) is 17.5. The van der Waals surface area contributed by atoms with E-state index in [-0.39, 0.29) is 0 Å². The van der Waals surface area contributed by atoms with Crippen LogP contribution in [0.2, 0.25) is 0 Å². The third-order valence-electron chi connectivity index (χ3n) is 14.2. The van der Waals surface area contributed by atoms with Gasteiger partial charge in [-0.3, -0.25) is 0 Å². The molecule has 1 atom stereocenters. The van der Waals surface area contributed by atoms with E-state index in [4.69, 9.17) is 0 Å². The number of fused-ring (bicyclic) bond motifs is 16. The summed E-state index contributed by atoms with van der Waals surface area (Å²) in [7, 11) is 0. The fourth-order valence-corrected chi connectivity index (χ4v) is 12.5. The first-order valence-electron chi connectivity index (χ1n) is 22.5. The second-order valence-corrected chi connectivity index (χ2v) is 18.7. The van der Waals surface area contributed by atoms with Gasteiger partial charge in [0.1, 0.15) is 0 Å². The van der Waals surface area contributed by atoms with Crippen LogP contribution in [0.5, 0.6) is 0 Å². The minimum absolute atomic E-state index is 0.404. The quantitative estimate of drug-likeness (QED) is 0.167. The van der Waals surface area contributed by atoms with E-state index in [1.807, 2.05) is 11.3 Å². The SMILES string of the molecule is c1ccc(-c2cccc(N(c3ccc4ccccc4c3)c3ccc4sc5ccc(-c6ccc7c(c6)-c6ccccc6C76c7ccccc7-c7ccc8ccccc8c76)cc5c4c3)c2)cc1. The van der Waals surface area contributed by atoms with Gasteiger partial charge in [-0.2, -0.15) is 0 Å². The van der Waals surface area contributed by atoms with Crippen LogP contribution in [-0.2, 0) is 5.41 Å². The van der Waals surface area contributed by atoms with Crippen LogP contribution >= 0.6 is 11.3 Å². The number of hydrogen-bond acceptors (Lipinski definition) is 2. The normalized spacial score (nSPS) is 14.5. The van der Waals surface area contributed by atoms with Gasteiger partial charge >= 0.3 is 0 Å². The maximum absolute atomic E-state index is 2.47. The molecule has 1 unspecified atom stereocenters. The lowest BCUT2D eigenvalue weighted by molar-refractivity contribution is 0.801. The summed E-state index contributed by atoms with van der Waals surface area (Å²) in [6.45, 7) is 0. The summed E-state index contributed by atoms with van der Waals surface area (Å²) in [5.74, 6) is 0. The molecule has 0 fully saturated rings. The van der Waals surface area contributed by atoms with E-state index in [9.17, 15) is 0 Å². The summed E-state index contributed by atoms with van der Waals surface area (Å²) in [5.41, 5.74) is 18.6. The third-order valence-corrected chi connectivity index (χ3v) is 15.4.